The van der Waals surface area contributed by atoms with Crippen LogP contribution in [0.25, 0.3) is 0 Å². The first-order valence-electron chi connectivity index (χ1n) is 6.02. The molecule has 0 radical (unpaired) electrons. The Hall–Kier alpha value is -1.40. The number of nitrogens with zero attached hydrogens (tertiary/aromatic N) is 4. The van der Waals surface area contributed by atoms with Crippen molar-refractivity contribution in [2.24, 2.45) is 7.05 Å². The predicted octanol–water partition coefficient (Wildman–Crippen LogP) is 1.80. The molecule has 7 heteroatoms. The molecule has 2 heterocycles. The van der Waals surface area contributed by atoms with Crippen LogP contribution in [0.2, 0.25) is 0 Å². The number of hydrogen-bond acceptors (Lipinski definition) is 3. The third kappa shape index (κ3) is 3.33. The molecule has 2 rings (SSSR count). The summed E-state index contributed by atoms with van der Waals surface area (Å²) in [6.45, 7) is 5.84. The summed E-state index contributed by atoms with van der Waals surface area (Å²) in [6, 6.07) is 1.96. The van der Waals surface area contributed by atoms with Gasteiger partial charge in [0.2, 0.25) is 5.95 Å². The summed E-state index contributed by atoms with van der Waals surface area (Å²) < 4.78 is 16.9. The molecule has 2 aromatic heterocycles. The molecule has 0 atom stereocenters. The molecule has 0 bridgehead atoms. The number of halogens is 2. The molecule has 2 aromatic rings. The SMILES string of the molecule is CCn1nccc1CNCc1c(C)nn(C)c1F.Cl. The standard InChI is InChI=1S/C12H18FN5.ClH/c1-4-18-10(5-6-15-18)7-14-8-11-9(2)16-17(3)12(11)13;/h5-6,14H,4,7-8H2,1-3H3;1H. The van der Waals surface area contributed by atoms with Crippen LogP contribution in [0.5, 0.6) is 0 Å². The Bertz CT molecular complexity index is 534. The molecule has 106 valence electrons. The lowest BCUT2D eigenvalue weighted by Crippen LogP contribution is -2.17. The number of aryl methyl sites for hydroxylation is 3. The molecule has 0 aliphatic carbocycles. The van der Waals surface area contributed by atoms with Crippen molar-refractivity contribution in [1.29, 1.82) is 0 Å². The maximum Gasteiger partial charge on any atom is 0.215 e. The van der Waals surface area contributed by atoms with Gasteiger partial charge in [-0.25, -0.2) is 4.68 Å². The van der Waals surface area contributed by atoms with Crippen LogP contribution in [0.15, 0.2) is 12.3 Å². The Balaban J connectivity index is 0.00000180. The van der Waals surface area contributed by atoms with Crippen molar-refractivity contribution < 1.29 is 4.39 Å². The summed E-state index contributed by atoms with van der Waals surface area (Å²) in [5.41, 5.74) is 2.45. The van der Waals surface area contributed by atoms with E-state index in [4.69, 9.17) is 0 Å². The van der Waals surface area contributed by atoms with Crippen LogP contribution >= 0.6 is 12.4 Å². The van der Waals surface area contributed by atoms with E-state index in [9.17, 15) is 4.39 Å². The van der Waals surface area contributed by atoms with Crippen molar-refractivity contribution in [3.05, 3.63) is 35.2 Å². The van der Waals surface area contributed by atoms with Crippen molar-refractivity contribution in [1.82, 2.24) is 24.9 Å². The van der Waals surface area contributed by atoms with Gasteiger partial charge in [-0.2, -0.15) is 14.6 Å². The number of nitrogens with one attached hydrogen (secondary N) is 1. The Morgan fingerprint density at radius 1 is 1.37 bits per heavy atom. The highest BCUT2D eigenvalue weighted by Crippen LogP contribution is 2.10. The quantitative estimate of drug-likeness (QED) is 0.912. The normalized spacial score (nSPS) is 10.5. The summed E-state index contributed by atoms with van der Waals surface area (Å²) in [6.07, 6.45) is 1.77. The molecule has 0 aliphatic rings. The maximum atomic E-state index is 13.7. The maximum absolute atomic E-state index is 13.7. The van der Waals surface area contributed by atoms with Crippen LogP contribution in [0, 0.1) is 12.9 Å². The van der Waals surface area contributed by atoms with Gasteiger partial charge in [-0.05, 0) is 19.9 Å². The minimum absolute atomic E-state index is 0. The van der Waals surface area contributed by atoms with Crippen molar-refractivity contribution >= 4 is 12.4 Å². The van der Waals surface area contributed by atoms with E-state index in [1.807, 2.05) is 24.6 Å². The molecule has 0 saturated carbocycles. The highest BCUT2D eigenvalue weighted by Gasteiger charge is 2.12. The minimum atomic E-state index is -0.274. The third-order valence-electron chi connectivity index (χ3n) is 2.98. The van der Waals surface area contributed by atoms with Crippen molar-refractivity contribution in [3.63, 3.8) is 0 Å². The van der Waals surface area contributed by atoms with Gasteiger partial charge in [0.15, 0.2) is 0 Å². The molecule has 0 unspecified atom stereocenters. The monoisotopic (exact) mass is 287 g/mol. The third-order valence-corrected chi connectivity index (χ3v) is 2.98. The van der Waals surface area contributed by atoms with E-state index in [0.29, 0.717) is 18.7 Å². The first-order valence-corrected chi connectivity index (χ1v) is 6.02. The van der Waals surface area contributed by atoms with Gasteiger partial charge in [0, 0.05) is 38.4 Å². The second-order valence-corrected chi connectivity index (χ2v) is 4.22. The smallest absolute Gasteiger partial charge is 0.215 e. The Morgan fingerprint density at radius 3 is 2.68 bits per heavy atom. The predicted molar refractivity (Wildman–Crippen MR) is 73.6 cm³/mol. The molecule has 19 heavy (non-hydrogen) atoms. The van der Waals surface area contributed by atoms with E-state index in [2.05, 4.69) is 15.5 Å². The van der Waals surface area contributed by atoms with E-state index in [0.717, 1.165) is 17.9 Å². The Labute approximate surface area is 118 Å². The summed E-state index contributed by atoms with van der Waals surface area (Å²) in [4.78, 5) is 0. The average molecular weight is 288 g/mol. The number of hydrogen-bond donors (Lipinski definition) is 1. The molecular weight excluding hydrogens is 269 g/mol. The largest absolute Gasteiger partial charge is 0.307 e. The Morgan fingerprint density at radius 2 is 2.11 bits per heavy atom. The molecule has 0 aromatic carbocycles. The van der Waals surface area contributed by atoms with Gasteiger partial charge in [0.25, 0.3) is 0 Å². The second-order valence-electron chi connectivity index (χ2n) is 4.22. The van der Waals surface area contributed by atoms with Crippen molar-refractivity contribution in [3.8, 4) is 0 Å². The molecule has 0 amide bonds. The van der Waals surface area contributed by atoms with Gasteiger partial charge in [0.05, 0.1) is 11.4 Å². The highest BCUT2D eigenvalue weighted by atomic mass is 35.5. The molecule has 0 aliphatic heterocycles. The first kappa shape index (κ1) is 15.7. The number of rotatable bonds is 5. The van der Waals surface area contributed by atoms with Gasteiger partial charge < -0.3 is 5.32 Å². The fourth-order valence-corrected chi connectivity index (χ4v) is 1.99. The van der Waals surface area contributed by atoms with Crippen LogP contribution in [-0.2, 0) is 26.7 Å². The topological polar surface area (TPSA) is 47.7 Å². The van der Waals surface area contributed by atoms with Gasteiger partial charge in [-0.3, -0.25) is 4.68 Å². The van der Waals surface area contributed by atoms with Gasteiger partial charge >= 0.3 is 0 Å². The average Bonchev–Trinajstić information content (AvgIpc) is 2.89. The molecule has 0 fully saturated rings. The zero-order valence-corrected chi connectivity index (χ0v) is 12.2. The van der Waals surface area contributed by atoms with Crippen LogP contribution in [0.3, 0.4) is 0 Å². The van der Waals surface area contributed by atoms with E-state index < -0.39 is 0 Å². The van der Waals surface area contributed by atoms with Crippen molar-refractivity contribution in [2.75, 3.05) is 0 Å². The van der Waals surface area contributed by atoms with Gasteiger partial charge in [-0.15, -0.1) is 12.4 Å². The second kappa shape index (κ2) is 6.68. The first-order chi connectivity index (χ1) is 8.63. The summed E-state index contributed by atoms with van der Waals surface area (Å²) in [7, 11) is 1.61. The van der Waals surface area contributed by atoms with Gasteiger partial charge in [0.1, 0.15) is 0 Å². The molecule has 0 saturated heterocycles. The summed E-state index contributed by atoms with van der Waals surface area (Å²) in [5.74, 6) is -0.274. The molecule has 5 nitrogen and oxygen atoms in total. The van der Waals surface area contributed by atoms with Crippen LogP contribution < -0.4 is 5.32 Å². The zero-order chi connectivity index (χ0) is 13.1. The van der Waals surface area contributed by atoms with Crippen LogP contribution in [0.4, 0.5) is 4.39 Å². The molecule has 1 N–H and O–H groups in total. The summed E-state index contributed by atoms with van der Waals surface area (Å²) in [5, 5.41) is 11.4. The van der Waals surface area contributed by atoms with Crippen LogP contribution in [-0.4, -0.2) is 19.6 Å². The highest BCUT2D eigenvalue weighted by molar-refractivity contribution is 5.85. The van der Waals surface area contributed by atoms with Crippen LogP contribution in [0.1, 0.15) is 23.9 Å². The van der Waals surface area contributed by atoms with E-state index in [-0.39, 0.29) is 18.4 Å². The lowest BCUT2D eigenvalue weighted by Gasteiger charge is -2.06. The van der Waals surface area contributed by atoms with E-state index >= 15 is 0 Å². The van der Waals surface area contributed by atoms with E-state index in [1.54, 1.807) is 13.2 Å². The van der Waals surface area contributed by atoms with Crippen molar-refractivity contribution in [2.45, 2.75) is 33.5 Å². The Kier molecular flexibility index (Phi) is 5.50. The van der Waals surface area contributed by atoms with E-state index in [1.165, 1.54) is 4.68 Å². The molecule has 0 spiro atoms. The van der Waals surface area contributed by atoms with Gasteiger partial charge in [-0.1, -0.05) is 0 Å². The lowest BCUT2D eigenvalue weighted by molar-refractivity contribution is 0.488. The lowest BCUT2D eigenvalue weighted by atomic mass is 10.2. The zero-order valence-electron chi connectivity index (χ0n) is 11.4. The minimum Gasteiger partial charge on any atom is -0.307 e. The summed E-state index contributed by atoms with van der Waals surface area (Å²) >= 11 is 0. The fraction of sp³-hybridized carbons (Fsp3) is 0.500. The molecular formula is C12H19ClFN5. The fourth-order valence-electron chi connectivity index (χ4n) is 1.99. The number of aromatic nitrogens is 4.